The van der Waals surface area contributed by atoms with E-state index in [0.717, 1.165) is 5.56 Å². The topological polar surface area (TPSA) is 70.1 Å². The lowest BCUT2D eigenvalue weighted by molar-refractivity contribution is -0.140. The number of likely N-dealkylation sites (tertiary alicyclic amines) is 1. The first-order valence-corrected chi connectivity index (χ1v) is 9.06. The van der Waals surface area contributed by atoms with Crippen LogP contribution in [-0.2, 0) is 9.59 Å². The molecule has 6 nitrogen and oxygen atoms in total. The van der Waals surface area contributed by atoms with Crippen LogP contribution in [0.4, 0.5) is 0 Å². The number of aliphatic hydroxyl groups excluding tert-OH is 1. The van der Waals surface area contributed by atoms with Crippen molar-refractivity contribution < 1.29 is 19.4 Å². The molecule has 1 aliphatic rings. The highest BCUT2D eigenvalue weighted by Gasteiger charge is 2.45. The smallest absolute Gasteiger partial charge is 0.295 e. The molecule has 0 spiro atoms. The number of methoxy groups -OCH3 is 1. The van der Waals surface area contributed by atoms with E-state index >= 15 is 0 Å². The minimum Gasteiger partial charge on any atom is -0.507 e. The van der Waals surface area contributed by atoms with E-state index in [1.807, 2.05) is 49.3 Å². The fourth-order valence-electron chi connectivity index (χ4n) is 3.33. The van der Waals surface area contributed by atoms with Crippen molar-refractivity contribution in [3.8, 4) is 5.75 Å². The minimum absolute atomic E-state index is 0.100. The number of hydrogen-bond acceptors (Lipinski definition) is 5. The molecule has 1 saturated heterocycles. The zero-order chi connectivity index (χ0) is 20.3. The average Bonchev–Trinajstić information content (AvgIpc) is 2.97. The second-order valence-corrected chi connectivity index (χ2v) is 6.94. The molecule has 1 heterocycles. The van der Waals surface area contributed by atoms with Crippen LogP contribution in [0.25, 0.3) is 5.76 Å². The Balaban J connectivity index is 2.13. The summed E-state index contributed by atoms with van der Waals surface area (Å²) in [4.78, 5) is 29.1. The Morgan fingerprint density at radius 1 is 1.11 bits per heavy atom. The Morgan fingerprint density at radius 2 is 1.82 bits per heavy atom. The van der Waals surface area contributed by atoms with E-state index in [9.17, 15) is 14.7 Å². The Bertz CT molecular complexity index is 906. The number of Topliss-reactive ketones (excluding diaryl/α,β-unsaturated/α-hetero) is 1. The van der Waals surface area contributed by atoms with Crippen LogP contribution in [0.1, 0.15) is 17.2 Å². The molecule has 0 bridgehead atoms. The van der Waals surface area contributed by atoms with Crippen molar-refractivity contribution in [1.29, 1.82) is 0 Å². The predicted molar refractivity (Wildman–Crippen MR) is 107 cm³/mol. The highest BCUT2D eigenvalue weighted by atomic mass is 16.5. The molecular weight excluding hydrogens is 356 g/mol. The number of aliphatic hydroxyl groups is 1. The summed E-state index contributed by atoms with van der Waals surface area (Å²) in [6.07, 6.45) is 0. The van der Waals surface area contributed by atoms with Gasteiger partial charge < -0.3 is 19.6 Å². The summed E-state index contributed by atoms with van der Waals surface area (Å²) in [5, 5.41) is 11.0. The first-order valence-electron chi connectivity index (χ1n) is 9.06. The quantitative estimate of drug-likeness (QED) is 0.474. The molecule has 146 valence electrons. The van der Waals surface area contributed by atoms with Gasteiger partial charge in [0.1, 0.15) is 11.5 Å². The van der Waals surface area contributed by atoms with Crippen molar-refractivity contribution in [2.24, 2.45) is 0 Å². The van der Waals surface area contributed by atoms with Crippen LogP contribution in [0.5, 0.6) is 5.75 Å². The van der Waals surface area contributed by atoms with Crippen LogP contribution in [0.15, 0.2) is 60.2 Å². The van der Waals surface area contributed by atoms with Gasteiger partial charge in [-0.15, -0.1) is 0 Å². The third-order valence-corrected chi connectivity index (χ3v) is 4.79. The number of amides is 1. The summed E-state index contributed by atoms with van der Waals surface area (Å²) in [5.41, 5.74) is 1.32. The average molecular weight is 380 g/mol. The van der Waals surface area contributed by atoms with Crippen LogP contribution >= 0.6 is 0 Å². The Kier molecular flexibility index (Phi) is 5.80. The largest absolute Gasteiger partial charge is 0.507 e. The molecule has 0 aliphatic carbocycles. The summed E-state index contributed by atoms with van der Waals surface area (Å²) in [6, 6.07) is 15.5. The van der Waals surface area contributed by atoms with Crippen molar-refractivity contribution in [3.63, 3.8) is 0 Å². The van der Waals surface area contributed by atoms with Crippen molar-refractivity contribution in [1.82, 2.24) is 9.80 Å². The monoisotopic (exact) mass is 380 g/mol. The molecule has 28 heavy (non-hydrogen) atoms. The second-order valence-electron chi connectivity index (χ2n) is 6.94. The maximum Gasteiger partial charge on any atom is 0.295 e. The van der Waals surface area contributed by atoms with Crippen molar-refractivity contribution >= 4 is 17.4 Å². The van der Waals surface area contributed by atoms with Crippen LogP contribution in [0, 0.1) is 0 Å². The Hall–Kier alpha value is -3.12. The van der Waals surface area contributed by atoms with Crippen molar-refractivity contribution in [3.05, 3.63) is 71.3 Å². The van der Waals surface area contributed by atoms with E-state index in [-0.39, 0.29) is 11.3 Å². The van der Waals surface area contributed by atoms with E-state index < -0.39 is 17.7 Å². The van der Waals surface area contributed by atoms with Crippen LogP contribution < -0.4 is 4.74 Å². The minimum atomic E-state index is -0.673. The standard InChI is InChI=1S/C22H24N2O4/c1-23(2)12-13-24-19(15-8-5-4-6-9-15)18(21(26)22(24)27)20(25)16-10-7-11-17(14-16)28-3/h4-11,14,19,25H,12-13H2,1-3H3/b20-18+/t19-/m1/s1. The molecule has 2 aromatic carbocycles. The fraction of sp³-hybridized carbons (Fsp3) is 0.273. The van der Waals surface area contributed by atoms with E-state index in [1.165, 1.54) is 12.0 Å². The molecular formula is C22H24N2O4. The lowest BCUT2D eigenvalue weighted by Gasteiger charge is -2.26. The molecule has 3 rings (SSSR count). The first kappa shape index (κ1) is 19.6. The highest BCUT2D eigenvalue weighted by molar-refractivity contribution is 6.46. The zero-order valence-corrected chi connectivity index (χ0v) is 16.3. The van der Waals surface area contributed by atoms with Gasteiger partial charge in [0, 0.05) is 18.7 Å². The number of carbonyl (C=O) groups is 2. The van der Waals surface area contributed by atoms with Gasteiger partial charge in [-0.1, -0.05) is 42.5 Å². The number of benzene rings is 2. The van der Waals surface area contributed by atoms with Crippen LogP contribution in [0.3, 0.4) is 0 Å². The van der Waals surface area contributed by atoms with Gasteiger partial charge in [0.15, 0.2) is 0 Å². The molecule has 0 aromatic heterocycles. The summed E-state index contributed by atoms with van der Waals surface area (Å²) in [5.74, 6) is -0.909. The third kappa shape index (κ3) is 3.77. The van der Waals surface area contributed by atoms with Gasteiger partial charge in [0.25, 0.3) is 11.7 Å². The van der Waals surface area contributed by atoms with Gasteiger partial charge in [-0.25, -0.2) is 0 Å². The lowest BCUT2D eigenvalue weighted by atomic mass is 9.95. The molecule has 1 N–H and O–H groups in total. The Labute approximate surface area is 164 Å². The number of rotatable bonds is 6. The number of nitrogens with zero attached hydrogens (tertiary/aromatic N) is 2. The molecule has 1 amide bonds. The highest BCUT2D eigenvalue weighted by Crippen LogP contribution is 2.39. The number of carbonyl (C=O) groups excluding carboxylic acids is 2. The normalized spacial score (nSPS) is 18.7. The zero-order valence-electron chi connectivity index (χ0n) is 16.3. The van der Waals surface area contributed by atoms with Gasteiger partial charge >= 0.3 is 0 Å². The molecule has 0 unspecified atom stereocenters. The van der Waals surface area contributed by atoms with E-state index in [2.05, 4.69) is 0 Å². The molecule has 0 radical (unpaired) electrons. The molecule has 1 fully saturated rings. The number of likely N-dealkylation sites (N-methyl/N-ethyl adjacent to an activating group) is 1. The molecule has 2 aromatic rings. The number of ether oxygens (including phenoxy) is 1. The van der Waals surface area contributed by atoms with E-state index in [4.69, 9.17) is 4.74 Å². The van der Waals surface area contributed by atoms with Gasteiger partial charge in [-0.2, -0.15) is 0 Å². The number of ketones is 1. The van der Waals surface area contributed by atoms with Crippen molar-refractivity contribution in [2.45, 2.75) is 6.04 Å². The predicted octanol–water partition coefficient (Wildman–Crippen LogP) is 2.68. The maximum absolute atomic E-state index is 12.9. The maximum atomic E-state index is 12.9. The van der Waals surface area contributed by atoms with Crippen LogP contribution in [-0.4, -0.2) is 60.9 Å². The summed E-state index contributed by atoms with van der Waals surface area (Å²) in [6.45, 7) is 0.988. The van der Waals surface area contributed by atoms with Gasteiger partial charge in [0.05, 0.1) is 18.7 Å². The number of hydrogen-bond donors (Lipinski definition) is 1. The first-order chi connectivity index (χ1) is 13.4. The molecule has 1 aliphatic heterocycles. The Morgan fingerprint density at radius 3 is 2.46 bits per heavy atom. The van der Waals surface area contributed by atoms with E-state index in [1.54, 1.807) is 24.3 Å². The van der Waals surface area contributed by atoms with Crippen molar-refractivity contribution in [2.75, 3.05) is 34.3 Å². The summed E-state index contributed by atoms with van der Waals surface area (Å²) < 4.78 is 5.21. The van der Waals surface area contributed by atoms with Gasteiger partial charge in [-0.05, 0) is 31.8 Å². The molecule has 0 saturated carbocycles. The summed E-state index contributed by atoms with van der Waals surface area (Å²) >= 11 is 0. The lowest BCUT2D eigenvalue weighted by Crippen LogP contribution is -2.35. The third-order valence-electron chi connectivity index (χ3n) is 4.79. The fourth-order valence-corrected chi connectivity index (χ4v) is 3.33. The molecule has 6 heteroatoms. The van der Waals surface area contributed by atoms with Crippen LogP contribution in [0.2, 0.25) is 0 Å². The van der Waals surface area contributed by atoms with Gasteiger partial charge in [-0.3, -0.25) is 9.59 Å². The SMILES string of the molecule is COc1cccc(/C(O)=C2\C(=O)C(=O)N(CCN(C)C)[C@@H]2c2ccccc2)c1. The molecule has 1 atom stereocenters. The summed E-state index contributed by atoms with van der Waals surface area (Å²) in [7, 11) is 5.35. The van der Waals surface area contributed by atoms with Gasteiger partial charge in [0.2, 0.25) is 0 Å². The van der Waals surface area contributed by atoms with E-state index in [0.29, 0.717) is 24.4 Å². The second kappa shape index (κ2) is 8.27.